The van der Waals surface area contributed by atoms with E-state index >= 15 is 0 Å². The number of rotatable bonds is 1. The van der Waals surface area contributed by atoms with E-state index in [1.54, 1.807) is 0 Å². The molecule has 0 radical (unpaired) electrons. The fourth-order valence-electron chi connectivity index (χ4n) is 3.43. The van der Waals surface area contributed by atoms with E-state index in [1.165, 1.54) is 0 Å². The molecule has 0 saturated heterocycles. The Bertz CT molecular complexity index is 1060. The van der Waals surface area contributed by atoms with Gasteiger partial charge in [0.1, 0.15) is 11.4 Å². The van der Waals surface area contributed by atoms with Gasteiger partial charge in [0.2, 0.25) is 5.82 Å². The van der Waals surface area contributed by atoms with Crippen LogP contribution in [0.25, 0.3) is 22.6 Å². The molecule has 0 unspecified atom stereocenters. The molecule has 2 heterocycles. The van der Waals surface area contributed by atoms with Crippen molar-refractivity contribution in [3.05, 3.63) is 35.1 Å². The third kappa shape index (κ3) is 3.48. The predicted molar refractivity (Wildman–Crippen MR) is 106 cm³/mol. The van der Waals surface area contributed by atoms with Gasteiger partial charge >= 0.3 is 0 Å². The van der Waals surface area contributed by atoms with Gasteiger partial charge in [-0.2, -0.15) is 0 Å². The number of aryl methyl sites for hydroxylation is 1. The fourth-order valence-corrected chi connectivity index (χ4v) is 3.56. The van der Waals surface area contributed by atoms with Crippen molar-refractivity contribution in [2.24, 2.45) is 7.05 Å². The third-order valence-corrected chi connectivity index (χ3v) is 5.19. The topological polar surface area (TPSA) is 89.9 Å². The molecule has 4 rings (SSSR count). The molecule has 27 heavy (non-hydrogen) atoms. The smallest absolute Gasteiger partial charge is 0.209 e. The van der Waals surface area contributed by atoms with Gasteiger partial charge in [-0.1, -0.05) is 23.9 Å². The zero-order valence-corrected chi connectivity index (χ0v) is 15.8. The number of anilines is 1. The van der Waals surface area contributed by atoms with E-state index in [2.05, 4.69) is 26.8 Å². The summed E-state index contributed by atoms with van der Waals surface area (Å²) in [6.45, 7) is 0. The van der Waals surface area contributed by atoms with Crippen LogP contribution < -0.4 is 5.73 Å². The lowest BCUT2D eigenvalue weighted by atomic mass is 9.85. The van der Waals surface area contributed by atoms with Crippen molar-refractivity contribution in [3.8, 4) is 23.2 Å². The number of nitrogens with zero attached hydrogens (tertiary/aromatic N) is 4. The van der Waals surface area contributed by atoms with Gasteiger partial charge in [-0.05, 0) is 55.9 Å². The van der Waals surface area contributed by atoms with Gasteiger partial charge in [0.15, 0.2) is 17.0 Å². The van der Waals surface area contributed by atoms with Crippen LogP contribution in [0.5, 0.6) is 0 Å². The van der Waals surface area contributed by atoms with Crippen LogP contribution in [0.1, 0.15) is 37.9 Å². The minimum absolute atomic E-state index is 0.274. The summed E-state index contributed by atoms with van der Waals surface area (Å²) in [5.41, 5.74) is 7.19. The van der Waals surface area contributed by atoms with Crippen molar-refractivity contribution in [2.45, 2.75) is 37.7 Å². The van der Waals surface area contributed by atoms with Crippen molar-refractivity contribution in [1.29, 1.82) is 0 Å². The van der Waals surface area contributed by atoms with Crippen LogP contribution >= 0.6 is 11.6 Å². The highest BCUT2D eigenvalue weighted by molar-refractivity contribution is 6.30. The second-order valence-corrected chi connectivity index (χ2v) is 7.38. The zero-order valence-electron chi connectivity index (χ0n) is 15.0. The van der Waals surface area contributed by atoms with Gasteiger partial charge < -0.3 is 15.4 Å². The van der Waals surface area contributed by atoms with Gasteiger partial charge in [-0.25, -0.2) is 15.0 Å². The molecule has 1 fully saturated rings. The number of aliphatic hydroxyl groups is 1. The number of fused-ring (bicyclic) bond motifs is 1. The normalized spacial score (nSPS) is 16.1. The average molecular weight is 382 g/mol. The van der Waals surface area contributed by atoms with Crippen molar-refractivity contribution < 1.29 is 5.11 Å². The van der Waals surface area contributed by atoms with Gasteiger partial charge in [-0.3, -0.25) is 0 Å². The van der Waals surface area contributed by atoms with Crippen LogP contribution in [0.15, 0.2) is 24.3 Å². The van der Waals surface area contributed by atoms with Crippen LogP contribution in [0.2, 0.25) is 5.02 Å². The fraction of sp³-hybridized carbons (Fsp3) is 0.350. The first-order valence-electron chi connectivity index (χ1n) is 8.97. The Morgan fingerprint density at radius 3 is 2.52 bits per heavy atom. The molecule has 0 aliphatic heterocycles. The molecular weight excluding hydrogens is 362 g/mol. The van der Waals surface area contributed by atoms with E-state index in [-0.39, 0.29) is 5.82 Å². The van der Waals surface area contributed by atoms with Crippen LogP contribution in [-0.4, -0.2) is 30.2 Å². The van der Waals surface area contributed by atoms with E-state index < -0.39 is 5.60 Å². The number of nitrogens with two attached hydrogens (primary N) is 1. The quantitative estimate of drug-likeness (QED) is 0.631. The monoisotopic (exact) mass is 381 g/mol. The Morgan fingerprint density at radius 2 is 1.81 bits per heavy atom. The van der Waals surface area contributed by atoms with Crippen LogP contribution in [-0.2, 0) is 7.05 Å². The molecule has 1 saturated carbocycles. The molecule has 0 spiro atoms. The largest absolute Gasteiger partial charge is 0.382 e. The SMILES string of the molecule is Cn1c(-c2ccc(Cl)cc2)nc2c(N)nc(C#CC3(O)CCCCC3)nc21. The summed E-state index contributed by atoms with van der Waals surface area (Å²) in [6, 6.07) is 7.42. The van der Waals surface area contributed by atoms with Crippen molar-refractivity contribution in [2.75, 3.05) is 5.73 Å². The van der Waals surface area contributed by atoms with E-state index in [0.29, 0.717) is 34.9 Å². The Kier molecular flexibility index (Phi) is 4.50. The number of benzene rings is 1. The van der Waals surface area contributed by atoms with Crippen molar-refractivity contribution >= 4 is 28.6 Å². The lowest BCUT2D eigenvalue weighted by Gasteiger charge is -2.26. The molecule has 7 heteroatoms. The van der Waals surface area contributed by atoms with Crippen molar-refractivity contribution in [1.82, 2.24) is 19.5 Å². The van der Waals surface area contributed by atoms with E-state index in [9.17, 15) is 5.11 Å². The van der Waals surface area contributed by atoms with Crippen LogP contribution in [0, 0.1) is 11.8 Å². The van der Waals surface area contributed by atoms with Gasteiger partial charge in [-0.15, -0.1) is 0 Å². The molecule has 0 amide bonds. The summed E-state index contributed by atoms with van der Waals surface area (Å²) < 4.78 is 1.86. The molecule has 0 atom stereocenters. The standard InChI is InChI=1S/C20H20ClN5O/c1-26-18(13-5-7-14(21)8-6-13)25-16-17(22)23-15(24-19(16)26)9-12-20(27)10-3-2-4-11-20/h5-8,27H,2-4,10-11H2,1H3,(H2,22,23,24). The number of aromatic nitrogens is 4. The van der Waals surface area contributed by atoms with E-state index in [4.69, 9.17) is 17.3 Å². The summed E-state index contributed by atoms with van der Waals surface area (Å²) in [5.74, 6) is 7.15. The summed E-state index contributed by atoms with van der Waals surface area (Å²) in [6.07, 6.45) is 4.48. The average Bonchev–Trinajstić information content (AvgIpc) is 2.99. The zero-order chi connectivity index (χ0) is 19.0. The summed E-state index contributed by atoms with van der Waals surface area (Å²) in [5, 5.41) is 11.2. The minimum atomic E-state index is -0.952. The highest BCUT2D eigenvalue weighted by Crippen LogP contribution is 2.28. The number of hydrogen-bond acceptors (Lipinski definition) is 5. The first kappa shape index (κ1) is 17.8. The highest BCUT2D eigenvalue weighted by atomic mass is 35.5. The Balaban J connectivity index is 1.75. The Morgan fingerprint density at radius 1 is 1.11 bits per heavy atom. The second kappa shape index (κ2) is 6.84. The number of nitrogen functional groups attached to an aromatic ring is 1. The van der Waals surface area contributed by atoms with E-state index in [0.717, 1.165) is 30.7 Å². The van der Waals surface area contributed by atoms with Gasteiger partial charge in [0, 0.05) is 17.6 Å². The summed E-state index contributed by atoms with van der Waals surface area (Å²) in [7, 11) is 1.87. The van der Waals surface area contributed by atoms with E-state index in [1.807, 2.05) is 35.9 Å². The number of imidazole rings is 1. The molecule has 6 nitrogen and oxygen atoms in total. The van der Waals surface area contributed by atoms with Gasteiger partial charge in [0.05, 0.1) is 0 Å². The maximum atomic E-state index is 10.6. The summed E-state index contributed by atoms with van der Waals surface area (Å²) >= 11 is 5.97. The molecule has 1 aliphatic carbocycles. The van der Waals surface area contributed by atoms with Crippen LogP contribution in [0.3, 0.4) is 0 Å². The maximum Gasteiger partial charge on any atom is 0.209 e. The predicted octanol–water partition coefficient (Wildman–Crippen LogP) is 3.31. The Labute approximate surface area is 162 Å². The number of halogens is 1. The lowest BCUT2D eigenvalue weighted by molar-refractivity contribution is 0.0610. The molecule has 1 aliphatic rings. The molecule has 138 valence electrons. The molecule has 3 N–H and O–H groups in total. The molecular formula is C20H20ClN5O. The molecule has 2 aromatic heterocycles. The van der Waals surface area contributed by atoms with Crippen molar-refractivity contribution in [3.63, 3.8) is 0 Å². The molecule has 3 aromatic rings. The lowest BCUT2D eigenvalue weighted by Crippen LogP contribution is -2.29. The van der Waals surface area contributed by atoms with Crippen LogP contribution in [0.4, 0.5) is 5.82 Å². The molecule has 1 aromatic carbocycles. The Hall–Kier alpha value is -2.62. The number of hydrogen-bond donors (Lipinski definition) is 2. The summed E-state index contributed by atoms with van der Waals surface area (Å²) in [4.78, 5) is 13.4. The third-order valence-electron chi connectivity index (χ3n) is 4.94. The first-order valence-corrected chi connectivity index (χ1v) is 9.34. The minimum Gasteiger partial charge on any atom is -0.382 e. The first-order chi connectivity index (χ1) is 13.0. The second-order valence-electron chi connectivity index (χ2n) is 6.95. The maximum absolute atomic E-state index is 10.6. The molecule has 0 bridgehead atoms. The highest BCUT2D eigenvalue weighted by Gasteiger charge is 2.26. The van der Waals surface area contributed by atoms with Gasteiger partial charge in [0.25, 0.3) is 0 Å².